The van der Waals surface area contributed by atoms with Crippen LogP contribution in [0, 0.1) is 5.92 Å². The largest absolute Gasteiger partial charge is 0.342 e. The summed E-state index contributed by atoms with van der Waals surface area (Å²) < 4.78 is 22.8. The van der Waals surface area contributed by atoms with Crippen molar-refractivity contribution in [3.8, 4) is 0 Å². The summed E-state index contributed by atoms with van der Waals surface area (Å²) in [6.45, 7) is 1.95. The number of rotatable bonds is 2. The first kappa shape index (κ1) is 13.8. The number of sulfone groups is 1. The van der Waals surface area contributed by atoms with Crippen LogP contribution in [0.3, 0.4) is 0 Å². The van der Waals surface area contributed by atoms with Crippen molar-refractivity contribution in [3.05, 3.63) is 0 Å². The molecular weight excluding hydrogens is 252 g/mol. The zero-order chi connectivity index (χ0) is 13.2. The highest BCUT2D eigenvalue weighted by Gasteiger charge is 2.36. The van der Waals surface area contributed by atoms with Crippen molar-refractivity contribution in [3.63, 3.8) is 0 Å². The van der Waals surface area contributed by atoms with Gasteiger partial charge in [-0.1, -0.05) is 0 Å². The van der Waals surface area contributed by atoms with Crippen LogP contribution in [-0.4, -0.2) is 56.9 Å². The van der Waals surface area contributed by atoms with Crippen molar-refractivity contribution in [2.75, 3.05) is 31.6 Å². The van der Waals surface area contributed by atoms with Gasteiger partial charge in [-0.2, -0.15) is 0 Å². The maximum atomic E-state index is 12.3. The number of carbonyl (C=O) groups is 1. The molecular formula is C12H22N2O3S. The normalized spacial score (nSPS) is 31.8. The molecule has 0 aromatic rings. The second-order valence-electron chi connectivity index (χ2n) is 5.38. The Balaban J connectivity index is 1.95. The molecule has 0 aliphatic carbocycles. The van der Waals surface area contributed by atoms with Crippen molar-refractivity contribution < 1.29 is 13.2 Å². The van der Waals surface area contributed by atoms with Crippen molar-refractivity contribution in [1.29, 1.82) is 0 Å². The predicted molar refractivity (Wildman–Crippen MR) is 70.0 cm³/mol. The summed E-state index contributed by atoms with van der Waals surface area (Å²) in [4.78, 5) is 14.1. The van der Waals surface area contributed by atoms with Gasteiger partial charge in [0, 0.05) is 13.1 Å². The van der Waals surface area contributed by atoms with Gasteiger partial charge in [-0.15, -0.1) is 0 Å². The summed E-state index contributed by atoms with van der Waals surface area (Å²) in [5.41, 5.74) is 0. The van der Waals surface area contributed by atoms with Crippen LogP contribution in [-0.2, 0) is 14.6 Å². The number of hydrogen-bond donors (Lipinski definition) is 1. The molecule has 2 unspecified atom stereocenters. The molecule has 104 valence electrons. The summed E-state index contributed by atoms with van der Waals surface area (Å²) in [5, 5.41) is 3.32. The van der Waals surface area contributed by atoms with Crippen molar-refractivity contribution >= 4 is 15.7 Å². The minimum absolute atomic E-state index is 0.0166. The van der Waals surface area contributed by atoms with E-state index in [1.165, 1.54) is 0 Å². The molecule has 2 aliphatic heterocycles. The Morgan fingerprint density at radius 2 is 2.00 bits per heavy atom. The smallest absolute Gasteiger partial charge is 0.226 e. The Kier molecular flexibility index (Phi) is 4.27. The van der Waals surface area contributed by atoms with E-state index in [1.807, 2.05) is 7.05 Å². The molecule has 1 amide bonds. The van der Waals surface area contributed by atoms with Crippen LogP contribution in [0.5, 0.6) is 0 Å². The van der Waals surface area contributed by atoms with E-state index in [2.05, 4.69) is 5.32 Å². The Labute approximate surface area is 109 Å². The van der Waals surface area contributed by atoms with Crippen molar-refractivity contribution in [2.45, 2.75) is 31.7 Å². The molecule has 0 aromatic heterocycles. The van der Waals surface area contributed by atoms with E-state index in [-0.39, 0.29) is 29.4 Å². The van der Waals surface area contributed by atoms with Gasteiger partial charge in [0.25, 0.3) is 0 Å². The summed E-state index contributed by atoms with van der Waals surface area (Å²) in [5.74, 6) is -0.0795. The van der Waals surface area contributed by atoms with Crippen LogP contribution in [0.1, 0.15) is 25.7 Å². The minimum atomic E-state index is -2.97. The van der Waals surface area contributed by atoms with Gasteiger partial charge >= 0.3 is 0 Å². The minimum Gasteiger partial charge on any atom is -0.342 e. The van der Waals surface area contributed by atoms with Crippen LogP contribution >= 0.6 is 0 Å². The van der Waals surface area contributed by atoms with Gasteiger partial charge in [0.15, 0.2) is 9.84 Å². The van der Waals surface area contributed by atoms with Gasteiger partial charge in [-0.3, -0.25) is 4.79 Å². The van der Waals surface area contributed by atoms with E-state index in [4.69, 9.17) is 0 Å². The maximum absolute atomic E-state index is 12.3. The second-order valence-corrected chi connectivity index (χ2v) is 7.61. The van der Waals surface area contributed by atoms with Gasteiger partial charge in [0.2, 0.25) is 5.91 Å². The molecule has 2 saturated heterocycles. The lowest BCUT2D eigenvalue weighted by atomic mass is 10.0. The number of carbonyl (C=O) groups excluding carboxylic acids is 1. The highest BCUT2D eigenvalue weighted by Crippen LogP contribution is 2.22. The molecule has 18 heavy (non-hydrogen) atoms. The molecule has 0 saturated carbocycles. The lowest BCUT2D eigenvalue weighted by molar-refractivity contribution is -0.135. The van der Waals surface area contributed by atoms with Gasteiger partial charge in [-0.25, -0.2) is 8.42 Å². The Morgan fingerprint density at radius 1 is 1.22 bits per heavy atom. The van der Waals surface area contributed by atoms with E-state index in [1.54, 1.807) is 4.90 Å². The van der Waals surface area contributed by atoms with Gasteiger partial charge in [0.05, 0.1) is 17.4 Å². The summed E-state index contributed by atoms with van der Waals surface area (Å²) in [6.07, 6.45) is 3.54. The first-order valence-corrected chi connectivity index (χ1v) is 8.49. The molecule has 0 bridgehead atoms. The quantitative estimate of drug-likeness (QED) is 0.771. The lowest BCUT2D eigenvalue weighted by Crippen LogP contribution is -2.41. The first-order chi connectivity index (χ1) is 8.49. The van der Waals surface area contributed by atoms with Crippen molar-refractivity contribution in [2.24, 2.45) is 5.92 Å². The third kappa shape index (κ3) is 3.23. The number of hydrogen-bond acceptors (Lipinski definition) is 4. The van der Waals surface area contributed by atoms with Crippen LogP contribution in [0.25, 0.3) is 0 Å². The summed E-state index contributed by atoms with van der Waals surface area (Å²) >= 11 is 0. The molecule has 1 N–H and O–H groups in total. The maximum Gasteiger partial charge on any atom is 0.226 e. The fraction of sp³-hybridized carbons (Fsp3) is 0.917. The third-order valence-corrected chi connectivity index (χ3v) is 5.79. The standard InChI is InChI=1S/C12H22N2O3S/c1-14(11-3-2-6-13-7-4-11)12(15)10-5-8-18(16,17)9-10/h10-11,13H,2-9H2,1H3. The highest BCUT2D eigenvalue weighted by molar-refractivity contribution is 7.91. The predicted octanol–water partition coefficient (Wildman–Crippen LogP) is 0.0216. The fourth-order valence-electron chi connectivity index (χ4n) is 2.85. The fourth-order valence-corrected chi connectivity index (χ4v) is 4.58. The first-order valence-electron chi connectivity index (χ1n) is 6.67. The monoisotopic (exact) mass is 274 g/mol. The Bertz CT molecular complexity index is 400. The van der Waals surface area contributed by atoms with Crippen LogP contribution < -0.4 is 5.32 Å². The molecule has 2 atom stereocenters. The number of amides is 1. The molecule has 2 rings (SSSR count). The van der Waals surface area contributed by atoms with Gasteiger partial charge in [-0.05, 0) is 38.8 Å². The van der Waals surface area contributed by atoms with Crippen LogP contribution in [0.2, 0.25) is 0 Å². The average molecular weight is 274 g/mol. The van der Waals surface area contributed by atoms with Crippen LogP contribution in [0.4, 0.5) is 0 Å². The molecule has 0 aromatic carbocycles. The van der Waals surface area contributed by atoms with E-state index in [0.29, 0.717) is 6.42 Å². The molecule has 5 nitrogen and oxygen atoms in total. The zero-order valence-electron chi connectivity index (χ0n) is 10.9. The van der Waals surface area contributed by atoms with Crippen LogP contribution in [0.15, 0.2) is 0 Å². The highest BCUT2D eigenvalue weighted by atomic mass is 32.2. The summed E-state index contributed by atoms with van der Waals surface area (Å²) in [7, 11) is -1.15. The second kappa shape index (κ2) is 5.57. The van der Waals surface area contributed by atoms with E-state index >= 15 is 0 Å². The zero-order valence-corrected chi connectivity index (χ0v) is 11.7. The van der Waals surface area contributed by atoms with Gasteiger partial charge in [0.1, 0.15) is 0 Å². The van der Waals surface area contributed by atoms with Crippen molar-refractivity contribution in [1.82, 2.24) is 10.2 Å². The number of nitrogens with one attached hydrogen (secondary N) is 1. The Morgan fingerprint density at radius 3 is 2.67 bits per heavy atom. The average Bonchev–Trinajstić information content (AvgIpc) is 2.57. The van der Waals surface area contributed by atoms with Gasteiger partial charge < -0.3 is 10.2 Å². The molecule has 2 fully saturated rings. The molecule has 0 radical (unpaired) electrons. The number of nitrogens with zero attached hydrogens (tertiary/aromatic N) is 1. The molecule has 2 aliphatic rings. The lowest BCUT2D eigenvalue weighted by Gasteiger charge is -2.29. The molecule has 0 spiro atoms. The van der Waals surface area contributed by atoms with E-state index < -0.39 is 9.84 Å². The topological polar surface area (TPSA) is 66.5 Å². The molecule has 6 heteroatoms. The van der Waals surface area contributed by atoms with E-state index in [0.717, 1.165) is 32.4 Å². The van der Waals surface area contributed by atoms with E-state index in [9.17, 15) is 13.2 Å². The molecule has 2 heterocycles. The Hall–Kier alpha value is -0.620. The third-order valence-electron chi connectivity index (χ3n) is 4.02. The summed E-state index contributed by atoms with van der Waals surface area (Å²) in [6, 6.07) is 0.260. The SMILES string of the molecule is CN(C(=O)C1CCS(=O)(=O)C1)C1CCCNCC1.